The third-order valence-corrected chi connectivity index (χ3v) is 5.91. The van der Waals surface area contributed by atoms with Crippen LogP contribution >= 0.6 is 0 Å². The second-order valence-electron chi connectivity index (χ2n) is 9.90. The smallest absolute Gasteiger partial charge is 0.334 e. The molecule has 0 fully saturated rings. The lowest BCUT2D eigenvalue weighted by Crippen LogP contribution is -2.31. The molecule has 0 saturated carbocycles. The van der Waals surface area contributed by atoms with Gasteiger partial charge in [-0.1, -0.05) is 71.3 Å². The Bertz CT molecular complexity index is 821. The lowest BCUT2D eigenvalue weighted by Gasteiger charge is -2.20. The van der Waals surface area contributed by atoms with Crippen molar-refractivity contribution in [1.29, 1.82) is 0 Å². The van der Waals surface area contributed by atoms with E-state index in [4.69, 9.17) is 14.6 Å². The van der Waals surface area contributed by atoms with Crippen molar-refractivity contribution in [2.24, 2.45) is 0 Å². The van der Waals surface area contributed by atoms with E-state index in [1.165, 1.54) is 58.8 Å². The summed E-state index contributed by atoms with van der Waals surface area (Å²) in [5.74, 6) is -1.77. The second-order valence-corrected chi connectivity index (χ2v) is 9.90. The van der Waals surface area contributed by atoms with E-state index in [0.29, 0.717) is 17.7 Å². The normalized spacial score (nSPS) is 12.1. The van der Waals surface area contributed by atoms with Crippen LogP contribution in [-0.4, -0.2) is 46.2 Å². The van der Waals surface area contributed by atoms with Gasteiger partial charge in [-0.05, 0) is 51.0 Å². The van der Waals surface area contributed by atoms with E-state index in [1.54, 1.807) is 24.3 Å². The van der Waals surface area contributed by atoms with Crippen LogP contribution in [0.25, 0.3) is 0 Å². The Morgan fingerprint density at radius 2 is 1.44 bits per heavy atom. The van der Waals surface area contributed by atoms with Crippen molar-refractivity contribution in [1.82, 2.24) is 0 Å². The van der Waals surface area contributed by atoms with Gasteiger partial charge in [0, 0.05) is 11.1 Å². The number of carbonyl (C=O) groups excluding carboxylic acids is 2. The maximum atomic E-state index is 12.2. The van der Waals surface area contributed by atoms with Gasteiger partial charge in [-0.3, -0.25) is 9.59 Å². The fourth-order valence-electron chi connectivity index (χ4n) is 3.79. The summed E-state index contributed by atoms with van der Waals surface area (Å²) in [6, 6.07) is 6.48. The van der Waals surface area contributed by atoms with Crippen molar-refractivity contribution in [3.05, 3.63) is 42.0 Å². The molecule has 1 unspecified atom stereocenters. The van der Waals surface area contributed by atoms with Gasteiger partial charge < -0.3 is 19.7 Å². The highest BCUT2D eigenvalue weighted by atomic mass is 16.6. The number of Topliss-reactive ketones (excluding diaryl/α,β-unsaturated/α-hetero) is 1. The predicted molar refractivity (Wildman–Crippen MR) is 140 cm³/mol. The molecule has 0 heterocycles. The Hall–Kier alpha value is -2.67. The average Bonchev–Trinajstić information content (AvgIpc) is 2.82. The van der Waals surface area contributed by atoms with E-state index in [1.807, 2.05) is 0 Å². The lowest BCUT2D eigenvalue weighted by molar-refractivity contribution is -0.144. The summed E-state index contributed by atoms with van der Waals surface area (Å²) in [4.78, 5) is 35.1. The van der Waals surface area contributed by atoms with E-state index in [0.717, 1.165) is 19.3 Å². The quantitative estimate of drug-likeness (QED) is 0.0931. The minimum absolute atomic E-state index is 0.0285. The highest BCUT2D eigenvalue weighted by molar-refractivity contribution is 6.01. The fourth-order valence-corrected chi connectivity index (χ4v) is 3.79. The Balaban J connectivity index is 2.60. The maximum Gasteiger partial charge on any atom is 0.334 e. The van der Waals surface area contributed by atoms with Crippen molar-refractivity contribution < 1.29 is 34.1 Å². The summed E-state index contributed by atoms with van der Waals surface area (Å²) < 4.78 is 11.3. The van der Waals surface area contributed by atoms with Gasteiger partial charge >= 0.3 is 11.9 Å². The SMILES string of the molecule is C=C(CC(=O)O)C(=O)OCC(CCCCCCCCCCCC)Oc1ccc(C(=O)C(C)(C)O)cc1. The van der Waals surface area contributed by atoms with E-state index in [9.17, 15) is 19.5 Å². The highest BCUT2D eigenvalue weighted by Gasteiger charge is 2.25. The Morgan fingerprint density at radius 1 is 0.917 bits per heavy atom. The van der Waals surface area contributed by atoms with Crippen LogP contribution in [0.2, 0.25) is 0 Å². The molecule has 7 nitrogen and oxygen atoms in total. The highest BCUT2D eigenvalue weighted by Crippen LogP contribution is 2.20. The van der Waals surface area contributed by atoms with Crippen LogP contribution < -0.4 is 4.74 Å². The van der Waals surface area contributed by atoms with Crippen LogP contribution in [0.3, 0.4) is 0 Å². The molecule has 1 aromatic rings. The van der Waals surface area contributed by atoms with Crippen LogP contribution in [0, 0.1) is 0 Å². The van der Waals surface area contributed by atoms with Crippen molar-refractivity contribution in [3.8, 4) is 5.75 Å². The van der Waals surface area contributed by atoms with Crippen LogP contribution in [0.15, 0.2) is 36.4 Å². The second kappa shape index (κ2) is 16.9. The van der Waals surface area contributed by atoms with Crippen LogP contribution in [0.4, 0.5) is 0 Å². The molecular weight excluding hydrogens is 460 g/mol. The Kier molecular flexibility index (Phi) is 14.7. The van der Waals surface area contributed by atoms with Crippen molar-refractivity contribution in [2.45, 2.75) is 110 Å². The summed E-state index contributed by atoms with van der Waals surface area (Å²) in [5.41, 5.74) is -1.21. The number of carboxylic acid groups (broad SMARTS) is 1. The number of hydrogen-bond acceptors (Lipinski definition) is 6. The Morgan fingerprint density at radius 3 is 1.94 bits per heavy atom. The summed E-state index contributed by atoms with van der Waals surface area (Å²) >= 11 is 0. The van der Waals surface area contributed by atoms with Gasteiger partial charge in [-0.25, -0.2) is 4.79 Å². The number of hydrogen-bond donors (Lipinski definition) is 2. The number of benzene rings is 1. The molecule has 0 aliphatic rings. The number of ketones is 1. The summed E-state index contributed by atoms with van der Waals surface area (Å²) in [7, 11) is 0. The number of aliphatic carboxylic acids is 1. The molecule has 36 heavy (non-hydrogen) atoms. The summed E-state index contributed by atoms with van der Waals surface area (Å²) in [5, 5.41) is 18.8. The average molecular weight is 505 g/mol. The molecule has 2 N–H and O–H groups in total. The topological polar surface area (TPSA) is 110 Å². The molecule has 0 aliphatic carbocycles. The van der Waals surface area contributed by atoms with Gasteiger partial charge in [-0.2, -0.15) is 0 Å². The van der Waals surface area contributed by atoms with Crippen molar-refractivity contribution in [2.75, 3.05) is 6.61 Å². The van der Waals surface area contributed by atoms with E-state index in [2.05, 4.69) is 13.5 Å². The summed E-state index contributed by atoms with van der Waals surface area (Å²) in [6.45, 7) is 8.55. The van der Waals surface area contributed by atoms with E-state index in [-0.39, 0.29) is 18.0 Å². The Labute approximate surface area is 215 Å². The molecule has 1 atom stereocenters. The molecule has 202 valence electrons. The number of unbranched alkanes of at least 4 members (excludes halogenated alkanes) is 9. The lowest BCUT2D eigenvalue weighted by atomic mass is 9.97. The first-order valence-corrected chi connectivity index (χ1v) is 13.1. The van der Waals surface area contributed by atoms with Gasteiger partial charge in [0.1, 0.15) is 24.1 Å². The molecule has 0 amide bonds. The van der Waals surface area contributed by atoms with Gasteiger partial charge in [0.05, 0.1) is 6.42 Å². The molecule has 0 aliphatic heterocycles. The third-order valence-electron chi connectivity index (χ3n) is 5.91. The zero-order valence-corrected chi connectivity index (χ0v) is 22.2. The van der Waals surface area contributed by atoms with Crippen molar-refractivity contribution in [3.63, 3.8) is 0 Å². The van der Waals surface area contributed by atoms with Gasteiger partial charge in [0.15, 0.2) is 5.78 Å². The van der Waals surface area contributed by atoms with E-state index >= 15 is 0 Å². The third kappa shape index (κ3) is 13.4. The molecule has 1 aromatic carbocycles. The zero-order chi connectivity index (χ0) is 27.0. The standard InChI is InChI=1S/C29H44O7/c1-5-6-7-8-9-10-11-12-13-14-15-25(21-35-28(33)22(2)20-26(30)31)36-24-18-16-23(17-19-24)27(32)29(3,4)34/h16-19,25,34H,2,5-15,20-21H2,1,3-4H3,(H,30,31). The van der Waals surface area contributed by atoms with E-state index < -0.39 is 30.1 Å². The molecule has 1 rings (SSSR count). The fraction of sp³-hybridized carbons (Fsp3) is 0.621. The molecule has 0 bridgehead atoms. The predicted octanol–water partition coefficient (Wildman–Crippen LogP) is 6.27. The monoisotopic (exact) mass is 504 g/mol. The van der Waals surface area contributed by atoms with Crippen LogP contribution in [-0.2, 0) is 14.3 Å². The van der Waals surface area contributed by atoms with Gasteiger partial charge in [-0.15, -0.1) is 0 Å². The number of carboxylic acids is 1. The van der Waals surface area contributed by atoms with Gasteiger partial charge in [0.25, 0.3) is 0 Å². The zero-order valence-electron chi connectivity index (χ0n) is 22.2. The molecule has 0 radical (unpaired) electrons. The van der Waals surface area contributed by atoms with Crippen LogP contribution in [0.1, 0.15) is 108 Å². The first kappa shape index (κ1) is 31.4. The number of aliphatic hydroxyl groups is 1. The molecule has 7 heteroatoms. The van der Waals surface area contributed by atoms with Crippen LogP contribution in [0.5, 0.6) is 5.75 Å². The number of carbonyl (C=O) groups is 3. The number of ether oxygens (including phenoxy) is 2. The first-order chi connectivity index (χ1) is 17.0. The number of rotatable bonds is 20. The first-order valence-electron chi connectivity index (χ1n) is 13.1. The molecule has 0 spiro atoms. The minimum atomic E-state index is -1.47. The largest absolute Gasteiger partial charge is 0.487 e. The molecular formula is C29H44O7. The number of esters is 1. The molecule has 0 saturated heterocycles. The maximum absolute atomic E-state index is 12.2. The summed E-state index contributed by atoms with van der Waals surface area (Å²) in [6.07, 6.45) is 11.8. The van der Waals surface area contributed by atoms with Crippen molar-refractivity contribution >= 4 is 17.7 Å². The van der Waals surface area contributed by atoms with Gasteiger partial charge in [0.2, 0.25) is 0 Å². The molecule has 0 aromatic heterocycles. The minimum Gasteiger partial charge on any atom is -0.487 e.